The van der Waals surface area contributed by atoms with E-state index in [1.165, 1.54) is 0 Å². The Hall–Kier alpha value is -0.450. The summed E-state index contributed by atoms with van der Waals surface area (Å²) in [6.07, 6.45) is 0.433. The lowest BCUT2D eigenvalue weighted by atomic mass is 10.2. The Morgan fingerprint density at radius 1 is 1.54 bits per heavy atom. The minimum atomic E-state index is -1.24. The molecule has 1 amide bonds. The van der Waals surface area contributed by atoms with Gasteiger partial charge in [0, 0.05) is 0 Å². The minimum absolute atomic E-state index is 0.507. The minimum Gasteiger partial charge on any atom is -0.443 e. The lowest BCUT2D eigenvalue weighted by Crippen LogP contribution is -2.30. The molecule has 3 nitrogen and oxygen atoms in total. The molecule has 0 aromatic heterocycles. The van der Waals surface area contributed by atoms with Gasteiger partial charge in [-0.1, -0.05) is 0 Å². The summed E-state index contributed by atoms with van der Waals surface area (Å²) in [5, 5.41) is -1.24. The van der Waals surface area contributed by atoms with Crippen LogP contribution in [-0.4, -0.2) is 16.7 Å². The fraction of sp³-hybridized carbons (Fsp3) is 0.875. The molecule has 0 aromatic rings. The van der Waals surface area contributed by atoms with E-state index >= 15 is 0 Å². The van der Waals surface area contributed by atoms with Crippen molar-refractivity contribution in [1.29, 1.82) is 0 Å². The van der Waals surface area contributed by atoms with E-state index in [2.05, 4.69) is 4.72 Å². The Bertz CT molecular complexity index is 211. The molecule has 5 heteroatoms. The van der Waals surface area contributed by atoms with Crippen LogP contribution in [0.5, 0.6) is 0 Å². The molecule has 0 aromatic carbocycles. The summed E-state index contributed by atoms with van der Waals surface area (Å²) in [6, 6.07) is 0. The molecule has 1 N–H and O–H groups in total. The molecule has 0 atom stereocenters. The van der Waals surface area contributed by atoms with Crippen molar-refractivity contribution in [2.24, 2.45) is 0 Å². The number of carbonyl (C=O) groups excluding carboxylic acids is 1. The normalized spacial score (nSPS) is 19.4. The fourth-order valence-corrected chi connectivity index (χ4v) is 1.25. The van der Waals surface area contributed by atoms with Crippen LogP contribution in [-0.2, 0) is 4.74 Å². The van der Waals surface area contributed by atoms with Gasteiger partial charge in [-0.05, 0) is 45.6 Å². The summed E-state index contributed by atoms with van der Waals surface area (Å²) >= 11 is 0.802. The highest BCUT2D eigenvalue weighted by Gasteiger charge is 2.45. The Morgan fingerprint density at radius 3 is 2.46 bits per heavy atom. The number of alkyl halides is 1. The van der Waals surface area contributed by atoms with Crippen LogP contribution in [0, 0.1) is 0 Å². The van der Waals surface area contributed by atoms with Crippen LogP contribution >= 0.6 is 11.9 Å². The van der Waals surface area contributed by atoms with Crippen LogP contribution in [0.15, 0.2) is 0 Å². The molecule has 1 aliphatic carbocycles. The van der Waals surface area contributed by atoms with E-state index in [-0.39, 0.29) is 0 Å². The van der Waals surface area contributed by atoms with Crippen molar-refractivity contribution in [3.05, 3.63) is 0 Å². The summed E-state index contributed by atoms with van der Waals surface area (Å²) in [5.41, 5.74) is -0.530. The summed E-state index contributed by atoms with van der Waals surface area (Å²) in [6.45, 7) is 5.29. The zero-order valence-corrected chi connectivity index (χ0v) is 8.83. The number of hydrogen-bond acceptors (Lipinski definition) is 3. The monoisotopic (exact) mass is 207 g/mol. The molecular formula is C8H14FNO2S. The van der Waals surface area contributed by atoms with Crippen molar-refractivity contribution in [2.45, 2.75) is 44.2 Å². The van der Waals surface area contributed by atoms with E-state index in [9.17, 15) is 9.18 Å². The molecule has 1 fully saturated rings. The van der Waals surface area contributed by atoms with Crippen LogP contribution in [0.3, 0.4) is 0 Å². The summed E-state index contributed by atoms with van der Waals surface area (Å²) in [5.74, 6) is 0. The summed E-state index contributed by atoms with van der Waals surface area (Å²) < 4.78 is 20.2. The van der Waals surface area contributed by atoms with E-state index in [0.29, 0.717) is 12.8 Å². The number of halogens is 1. The van der Waals surface area contributed by atoms with Gasteiger partial charge in [0.05, 0.1) is 0 Å². The first-order valence-corrected chi connectivity index (χ1v) is 4.98. The van der Waals surface area contributed by atoms with Crippen LogP contribution in [0.4, 0.5) is 9.18 Å². The average molecular weight is 207 g/mol. The number of carbonyl (C=O) groups is 1. The van der Waals surface area contributed by atoms with E-state index in [1.807, 2.05) is 0 Å². The Morgan fingerprint density at radius 2 is 2.08 bits per heavy atom. The maximum absolute atomic E-state index is 13.0. The zero-order valence-electron chi connectivity index (χ0n) is 8.02. The second kappa shape index (κ2) is 3.36. The second-order valence-electron chi connectivity index (χ2n) is 4.09. The first-order valence-electron chi connectivity index (χ1n) is 4.17. The highest BCUT2D eigenvalue weighted by Crippen LogP contribution is 2.48. The average Bonchev–Trinajstić information content (AvgIpc) is 2.62. The maximum Gasteiger partial charge on any atom is 0.417 e. The van der Waals surface area contributed by atoms with E-state index in [1.54, 1.807) is 20.8 Å². The van der Waals surface area contributed by atoms with Crippen molar-refractivity contribution in [3.63, 3.8) is 0 Å². The van der Waals surface area contributed by atoms with Gasteiger partial charge in [0.2, 0.25) is 0 Å². The SMILES string of the molecule is CC(C)(C)OC(=O)NSC1(F)CC1. The number of nitrogens with one attached hydrogen (secondary N) is 1. The van der Waals surface area contributed by atoms with Gasteiger partial charge in [0.25, 0.3) is 0 Å². The molecule has 0 saturated heterocycles. The van der Waals surface area contributed by atoms with Gasteiger partial charge in [-0.15, -0.1) is 0 Å². The molecule has 0 heterocycles. The van der Waals surface area contributed by atoms with Crippen LogP contribution in [0.1, 0.15) is 33.6 Å². The summed E-state index contributed by atoms with van der Waals surface area (Å²) in [7, 11) is 0. The Kier molecular flexibility index (Phi) is 2.75. The highest BCUT2D eigenvalue weighted by molar-refractivity contribution is 7.99. The molecule has 1 saturated carbocycles. The van der Waals surface area contributed by atoms with Gasteiger partial charge < -0.3 is 4.74 Å². The maximum atomic E-state index is 13.0. The molecule has 0 bridgehead atoms. The second-order valence-corrected chi connectivity index (χ2v) is 5.23. The van der Waals surface area contributed by atoms with Gasteiger partial charge in [0.1, 0.15) is 5.60 Å². The lowest BCUT2D eigenvalue weighted by Gasteiger charge is -2.19. The van der Waals surface area contributed by atoms with E-state index in [4.69, 9.17) is 4.74 Å². The molecule has 0 spiro atoms. The molecule has 1 rings (SSSR count). The molecule has 13 heavy (non-hydrogen) atoms. The predicted octanol–water partition coefficient (Wildman–Crippen LogP) is 2.62. The standard InChI is InChI=1S/C8H14FNO2S/c1-7(2,3)12-6(11)10-13-8(9)4-5-8/h4-5H2,1-3H3,(H,10,11). The van der Waals surface area contributed by atoms with Gasteiger partial charge in [-0.3, -0.25) is 4.72 Å². The molecule has 0 radical (unpaired) electrons. The topological polar surface area (TPSA) is 38.3 Å². The van der Waals surface area contributed by atoms with Gasteiger partial charge in [-0.25, -0.2) is 9.18 Å². The van der Waals surface area contributed by atoms with Crippen molar-refractivity contribution in [3.8, 4) is 0 Å². The van der Waals surface area contributed by atoms with Gasteiger partial charge in [-0.2, -0.15) is 0 Å². The Balaban J connectivity index is 2.18. The largest absolute Gasteiger partial charge is 0.443 e. The van der Waals surface area contributed by atoms with Crippen molar-refractivity contribution in [1.82, 2.24) is 4.72 Å². The van der Waals surface area contributed by atoms with Crippen molar-refractivity contribution < 1.29 is 13.9 Å². The fourth-order valence-electron chi connectivity index (χ4n) is 0.632. The first kappa shape index (κ1) is 10.6. The lowest BCUT2D eigenvalue weighted by molar-refractivity contribution is 0.0573. The first-order chi connectivity index (χ1) is 5.81. The third-order valence-corrected chi connectivity index (χ3v) is 2.40. The number of hydrogen-bond donors (Lipinski definition) is 1. The molecule has 1 aliphatic rings. The summed E-state index contributed by atoms with van der Waals surface area (Å²) in [4.78, 5) is 11.0. The molecule has 0 unspecified atom stereocenters. The number of amides is 1. The molecule has 0 aliphatic heterocycles. The number of rotatable bonds is 2. The highest BCUT2D eigenvalue weighted by atomic mass is 32.2. The van der Waals surface area contributed by atoms with Gasteiger partial charge in [0.15, 0.2) is 5.00 Å². The van der Waals surface area contributed by atoms with Crippen molar-refractivity contribution in [2.75, 3.05) is 0 Å². The van der Waals surface area contributed by atoms with E-state index in [0.717, 1.165) is 11.9 Å². The van der Waals surface area contributed by atoms with Crippen LogP contribution < -0.4 is 4.72 Å². The third kappa shape index (κ3) is 4.36. The smallest absolute Gasteiger partial charge is 0.417 e. The Labute approximate surface area is 81.5 Å². The number of ether oxygens (including phenoxy) is 1. The quantitative estimate of drug-likeness (QED) is 0.707. The molecule has 76 valence electrons. The van der Waals surface area contributed by atoms with Gasteiger partial charge >= 0.3 is 6.09 Å². The third-order valence-electron chi connectivity index (χ3n) is 1.36. The zero-order chi connectivity index (χ0) is 10.1. The van der Waals surface area contributed by atoms with Crippen LogP contribution in [0.2, 0.25) is 0 Å². The predicted molar refractivity (Wildman–Crippen MR) is 50.0 cm³/mol. The van der Waals surface area contributed by atoms with Crippen molar-refractivity contribution >= 4 is 18.0 Å². The van der Waals surface area contributed by atoms with Crippen LogP contribution in [0.25, 0.3) is 0 Å². The van der Waals surface area contributed by atoms with E-state index < -0.39 is 16.7 Å². The molecular weight excluding hydrogens is 193 g/mol.